The lowest BCUT2D eigenvalue weighted by atomic mass is 9.99. The monoisotopic (exact) mass is 238 g/mol. The molecule has 0 fully saturated rings. The van der Waals surface area contributed by atoms with Crippen LogP contribution in [-0.2, 0) is 0 Å². The highest BCUT2D eigenvalue weighted by Gasteiger charge is 2.11. The molecule has 17 heavy (non-hydrogen) atoms. The first kappa shape index (κ1) is 15.8. The Labute approximate surface area is 106 Å². The Morgan fingerprint density at radius 3 is 2.00 bits per heavy atom. The fourth-order valence-corrected chi connectivity index (χ4v) is 1.12. The minimum absolute atomic E-state index is 0.182. The third-order valence-corrected chi connectivity index (χ3v) is 1.79. The molecule has 1 rings (SSSR count). The number of rotatable bonds is 4. The first-order valence-corrected chi connectivity index (χ1v) is 6.37. The largest absolute Gasteiger partial charge is 0.494 e. The van der Waals surface area contributed by atoms with E-state index >= 15 is 0 Å². The molecule has 98 valence electrons. The Hall–Kier alpha value is -1.18. The lowest BCUT2D eigenvalue weighted by Crippen LogP contribution is -2.16. The zero-order chi connectivity index (χ0) is 13.3. The zero-order valence-electron chi connectivity index (χ0n) is 12.0. The third kappa shape index (κ3) is 7.67. The van der Waals surface area contributed by atoms with E-state index in [9.17, 15) is 0 Å². The smallest absolute Gasteiger partial charge is 0.123 e. The minimum atomic E-state index is 0.182. The van der Waals surface area contributed by atoms with Gasteiger partial charge in [-0.15, -0.1) is 0 Å². The number of hydrogen-bond donors (Lipinski definition) is 0. The van der Waals surface area contributed by atoms with Gasteiger partial charge in [-0.05, 0) is 24.5 Å². The van der Waals surface area contributed by atoms with Gasteiger partial charge in [0.15, 0.2) is 0 Å². The summed E-state index contributed by atoms with van der Waals surface area (Å²) in [5, 5.41) is 0. The molecule has 0 aliphatic heterocycles. The maximum absolute atomic E-state index is 5.68. The van der Waals surface area contributed by atoms with Gasteiger partial charge in [0.2, 0.25) is 0 Å². The first-order valence-electron chi connectivity index (χ1n) is 6.37. The molecule has 0 unspecified atom stereocenters. The molecule has 0 atom stereocenters. The molecule has 0 bridgehead atoms. The maximum Gasteiger partial charge on any atom is 0.123 e. The van der Waals surface area contributed by atoms with Gasteiger partial charge in [0.05, 0.1) is 13.2 Å². The van der Waals surface area contributed by atoms with E-state index in [2.05, 4.69) is 20.8 Å². The molecule has 1 aromatic carbocycles. The molecule has 1 aromatic rings. The quantitative estimate of drug-likeness (QED) is 0.767. The fraction of sp³-hybridized carbons (Fsp3) is 0.600. The van der Waals surface area contributed by atoms with E-state index < -0.39 is 0 Å². The van der Waals surface area contributed by atoms with Crippen LogP contribution in [0.25, 0.3) is 0 Å². The average Bonchev–Trinajstić information content (AvgIpc) is 2.29. The van der Waals surface area contributed by atoms with Crippen molar-refractivity contribution in [3.63, 3.8) is 0 Å². The van der Waals surface area contributed by atoms with Crippen molar-refractivity contribution in [2.45, 2.75) is 41.5 Å². The molecule has 0 N–H and O–H groups in total. The first-order chi connectivity index (χ1) is 8.01. The van der Waals surface area contributed by atoms with Crippen LogP contribution in [0.4, 0.5) is 0 Å². The van der Waals surface area contributed by atoms with Crippen LogP contribution < -0.4 is 9.47 Å². The van der Waals surface area contributed by atoms with Gasteiger partial charge in [-0.2, -0.15) is 0 Å². The van der Waals surface area contributed by atoms with E-state index in [1.165, 1.54) is 0 Å². The van der Waals surface area contributed by atoms with Crippen molar-refractivity contribution >= 4 is 0 Å². The summed E-state index contributed by atoms with van der Waals surface area (Å²) in [5.41, 5.74) is 0.182. The van der Waals surface area contributed by atoms with Crippen LogP contribution in [0, 0.1) is 5.41 Å². The zero-order valence-corrected chi connectivity index (χ0v) is 12.0. The summed E-state index contributed by atoms with van der Waals surface area (Å²) >= 11 is 0. The predicted octanol–water partition coefficient (Wildman–Crippen LogP) is 4.54. The lowest BCUT2D eigenvalue weighted by molar-refractivity contribution is 0.197. The van der Waals surface area contributed by atoms with Crippen LogP contribution >= 0.6 is 0 Å². The number of ether oxygens (including phenoxy) is 2. The molecular formula is C15H26O2. The summed E-state index contributed by atoms with van der Waals surface area (Å²) in [4.78, 5) is 0. The van der Waals surface area contributed by atoms with Gasteiger partial charge in [-0.3, -0.25) is 0 Å². The topological polar surface area (TPSA) is 18.5 Å². The second-order valence-electron chi connectivity index (χ2n) is 4.76. The van der Waals surface area contributed by atoms with E-state index in [4.69, 9.17) is 9.47 Å². The molecule has 0 aliphatic rings. The summed E-state index contributed by atoms with van der Waals surface area (Å²) < 4.78 is 11.1. The highest BCUT2D eigenvalue weighted by atomic mass is 16.5. The second-order valence-corrected chi connectivity index (χ2v) is 4.76. The fourth-order valence-electron chi connectivity index (χ4n) is 1.12. The Balaban J connectivity index is 0.00000121. The van der Waals surface area contributed by atoms with Gasteiger partial charge in [-0.25, -0.2) is 0 Å². The van der Waals surface area contributed by atoms with Crippen molar-refractivity contribution < 1.29 is 9.47 Å². The summed E-state index contributed by atoms with van der Waals surface area (Å²) in [6, 6.07) is 7.76. The molecule has 0 saturated carbocycles. The van der Waals surface area contributed by atoms with E-state index in [0.717, 1.165) is 11.5 Å². The molecule has 0 heterocycles. The van der Waals surface area contributed by atoms with Gasteiger partial charge in [-0.1, -0.05) is 40.7 Å². The second kappa shape index (κ2) is 7.99. The summed E-state index contributed by atoms with van der Waals surface area (Å²) in [6.07, 6.45) is 0. The van der Waals surface area contributed by atoms with Crippen LogP contribution in [0.3, 0.4) is 0 Å². The molecule has 0 saturated heterocycles. The highest BCUT2D eigenvalue weighted by Crippen LogP contribution is 2.22. The minimum Gasteiger partial charge on any atom is -0.494 e. The Morgan fingerprint density at radius 2 is 1.53 bits per heavy atom. The molecule has 0 spiro atoms. The SMILES string of the molecule is CC.CCOc1cccc(OCC(C)(C)C)c1. The molecule has 2 nitrogen and oxygen atoms in total. The molecule has 2 heteroatoms. The van der Waals surface area contributed by atoms with Crippen molar-refractivity contribution in [2.24, 2.45) is 5.41 Å². The predicted molar refractivity (Wildman–Crippen MR) is 73.9 cm³/mol. The average molecular weight is 238 g/mol. The van der Waals surface area contributed by atoms with Crippen molar-refractivity contribution in [3.05, 3.63) is 24.3 Å². The van der Waals surface area contributed by atoms with Crippen LogP contribution in [0.1, 0.15) is 41.5 Å². The highest BCUT2D eigenvalue weighted by molar-refractivity contribution is 5.32. The van der Waals surface area contributed by atoms with E-state index in [1.54, 1.807) is 0 Å². The van der Waals surface area contributed by atoms with Crippen LogP contribution in [0.15, 0.2) is 24.3 Å². The van der Waals surface area contributed by atoms with Crippen molar-refractivity contribution in [1.82, 2.24) is 0 Å². The van der Waals surface area contributed by atoms with Crippen molar-refractivity contribution in [1.29, 1.82) is 0 Å². The third-order valence-electron chi connectivity index (χ3n) is 1.79. The van der Waals surface area contributed by atoms with Gasteiger partial charge >= 0.3 is 0 Å². The Kier molecular flexibility index (Phi) is 7.44. The Morgan fingerprint density at radius 1 is 1.00 bits per heavy atom. The summed E-state index contributed by atoms with van der Waals surface area (Å²) in [6.45, 7) is 13.8. The van der Waals surface area contributed by atoms with Gasteiger partial charge < -0.3 is 9.47 Å². The maximum atomic E-state index is 5.68. The van der Waals surface area contributed by atoms with Crippen LogP contribution in [0.5, 0.6) is 11.5 Å². The van der Waals surface area contributed by atoms with Gasteiger partial charge in [0, 0.05) is 6.07 Å². The van der Waals surface area contributed by atoms with Crippen LogP contribution in [-0.4, -0.2) is 13.2 Å². The standard InChI is InChI=1S/C13H20O2.C2H6/c1-5-14-11-7-6-8-12(9-11)15-10-13(2,3)4;1-2/h6-9H,5,10H2,1-4H3;1-2H3. The van der Waals surface area contributed by atoms with Crippen molar-refractivity contribution in [3.8, 4) is 11.5 Å². The van der Waals surface area contributed by atoms with Gasteiger partial charge in [0.1, 0.15) is 11.5 Å². The summed E-state index contributed by atoms with van der Waals surface area (Å²) in [5.74, 6) is 1.74. The van der Waals surface area contributed by atoms with E-state index in [-0.39, 0.29) is 5.41 Å². The molecule has 0 aromatic heterocycles. The molecular weight excluding hydrogens is 212 g/mol. The van der Waals surface area contributed by atoms with Crippen molar-refractivity contribution in [2.75, 3.05) is 13.2 Å². The normalized spacial score (nSPS) is 10.2. The van der Waals surface area contributed by atoms with E-state index in [1.807, 2.05) is 45.0 Å². The molecule has 0 radical (unpaired) electrons. The van der Waals surface area contributed by atoms with Crippen LogP contribution in [0.2, 0.25) is 0 Å². The molecule has 0 aliphatic carbocycles. The lowest BCUT2D eigenvalue weighted by Gasteiger charge is -2.19. The summed E-state index contributed by atoms with van der Waals surface area (Å²) in [7, 11) is 0. The Bertz CT molecular complexity index is 300. The molecule has 0 amide bonds. The van der Waals surface area contributed by atoms with Gasteiger partial charge in [0.25, 0.3) is 0 Å². The number of benzene rings is 1. The number of hydrogen-bond acceptors (Lipinski definition) is 2. The van der Waals surface area contributed by atoms with E-state index in [0.29, 0.717) is 13.2 Å².